The predicted octanol–water partition coefficient (Wildman–Crippen LogP) is 3.19. The second-order valence-corrected chi connectivity index (χ2v) is 6.30. The zero-order valence-electron chi connectivity index (χ0n) is 11.9. The van der Waals surface area contributed by atoms with E-state index in [4.69, 9.17) is 11.6 Å². The third kappa shape index (κ3) is 3.98. The zero-order valence-corrected chi connectivity index (χ0v) is 14.3. The van der Waals surface area contributed by atoms with Crippen molar-refractivity contribution in [2.75, 3.05) is 26.2 Å². The van der Waals surface area contributed by atoms with Gasteiger partial charge in [0.25, 0.3) is 5.91 Å². The molecule has 1 aliphatic heterocycles. The Labute approximate surface area is 138 Å². The van der Waals surface area contributed by atoms with Gasteiger partial charge >= 0.3 is 0 Å². The molecule has 21 heavy (non-hydrogen) atoms. The van der Waals surface area contributed by atoms with Crippen molar-refractivity contribution in [2.45, 2.75) is 19.8 Å². The molecular formula is C15H18BrClN2O2. The minimum absolute atomic E-state index is 0.0238. The van der Waals surface area contributed by atoms with Crippen LogP contribution in [0.25, 0.3) is 0 Å². The molecule has 1 aromatic carbocycles. The van der Waals surface area contributed by atoms with Crippen LogP contribution >= 0.6 is 27.5 Å². The number of halogens is 2. The van der Waals surface area contributed by atoms with Crippen LogP contribution < -0.4 is 0 Å². The van der Waals surface area contributed by atoms with Crippen LogP contribution in [0, 0.1) is 0 Å². The average Bonchev–Trinajstić information content (AvgIpc) is 2.71. The lowest BCUT2D eigenvalue weighted by Crippen LogP contribution is -2.37. The third-order valence-corrected chi connectivity index (χ3v) is 4.49. The minimum atomic E-state index is -0.0238. The highest BCUT2D eigenvalue weighted by molar-refractivity contribution is 9.10. The summed E-state index contributed by atoms with van der Waals surface area (Å²) in [5, 5.41) is 0.592. The minimum Gasteiger partial charge on any atom is -0.341 e. The molecule has 0 aromatic heterocycles. The summed E-state index contributed by atoms with van der Waals surface area (Å²) < 4.78 is 0.700. The monoisotopic (exact) mass is 372 g/mol. The van der Waals surface area contributed by atoms with E-state index in [-0.39, 0.29) is 11.8 Å². The average molecular weight is 374 g/mol. The van der Waals surface area contributed by atoms with Gasteiger partial charge in [-0.3, -0.25) is 9.59 Å². The largest absolute Gasteiger partial charge is 0.341 e. The van der Waals surface area contributed by atoms with Crippen molar-refractivity contribution in [3.8, 4) is 0 Å². The molecule has 2 amide bonds. The molecule has 1 aliphatic rings. The van der Waals surface area contributed by atoms with Crippen LogP contribution in [0.15, 0.2) is 22.7 Å². The molecule has 0 aliphatic carbocycles. The molecule has 0 radical (unpaired) electrons. The van der Waals surface area contributed by atoms with E-state index in [1.807, 2.05) is 11.8 Å². The second kappa shape index (κ2) is 7.27. The Balaban J connectivity index is 2.08. The van der Waals surface area contributed by atoms with Gasteiger partial charge < -0.3 is 9.80 Å². The van der Waals surface area contributed by atoms with E-state index in [1.165, 1.54) is 0 Å². The molecule has 0 saturated carbocycles. The summed E-state index contributed by atoms with van der Waals surface area (Å²) in [5.41, 5.74) is 0.606. The fourth-order valence-electron chi connectivity index (χ4n) is 2.43. The van der Waals surface area contributed by atoms with E-state index < -0.39 is 0 Å². The molecule has 0 unspecified atom stereocenters. The van der Waals surface area contributed by atoms with Gasteiger partial charge in [0.05, 0.1) is 5.56 Å². The summed E-state index contributed by atoms with van der Waals surface area (Å²) in [4.78, 5) is 28.0. The van der Waals surface area contributed by atoms with Gasteiger partial charge in [0.15, 0.2) is 0 Å². The molecule has 1 heterocycles. The van der Waals surface area contributed by atoms with Crippen LogP contribution in [-0.4, -0.2) is 47.8 Å². The van der Waals surface area contributed by atoms with Crippen LogP contribution in [0.5, 0.6) is 0 Å². The van der Waals surface area contributed by atoms with Crippen LogP contribution in [0.2, 0.25) is 5.02 Å². The van der Waals surface area contributed by atoms with E-state index in [1.54, 1.807) is 23.1 Å². The van der Waals surface area contributed by atoms with Crippen LogP contribution in [-0.2, 0) is 4.79 Å². The Morgan fingerprint density at radius 1 is 1.19 bits per heavy atom. The molecular weight excluding hydrogens is 356 g/mol. The molecule has 1 aromatic rings. The van der Waals surface area contributed by atoms with Crippen molar-refractivity contribution in [3.63, 3.8) is 0 Å². The maximum Gasteiger partial charge on any atom is 0.255 e. The van der Waals surface area contributed by atoms with Crippen LogP contribution in [0.3, 0.4) is 0 Å². The molecule has 114 valence electrons. The summed E-state index contributed by atoms with van der Waals surface area (Å²) >= 11 is 9.29. The predicted molar refractivity (Wildman–Crippen MR) is 86.5 cm³/mol. The van der Waals surface area contributed by atoms with Crippen molar-refractivity contribution < 1.29 is 9.59 Å². The molecule has 0 bridgehead atoms. The van der Waals surface area contributed by atoms with Gasteiger partial charge in [-0.2, -0.15) is 0 Å². The Morgan fingerprint density at radius 3 is 2.52 bits per heavy atom. The molecule has 1 saturated heterocycles. The van der Waals surface area contributed by atoms with Gasteiger partial charge in [0.1, 0.15) is 0 Å². The number of hydrogen-bond donors (Lipinski definition) is 0. The van der Waals surface area contributed by atoms with Crippen molar-refractivity contribution in [1.29, 1.82) is 0 Å². The highest BCUT2D eigenvalue weighted by Crippen LogP contribution is 2.23. The highest BCUT2D eigenvalue weighted by atomic mass is 79.9. The third-order valence-electron chi connectivity index (χ3n) is 3.60. The van der Waals surface area contributed by atoms with Crippen LogP contribution in [0.1, 0.15) is 30.1 Å². The second-order valence-electron chi connectivity index (χ2n) is 5.00. The lowest BCUT2D eigenvalue weighted by Gasteiger charge is -2.22. The van der Waals surface area contributed by atoms with E-state index in [0.717, 1.165) is 13.0 Å². The first-order valence-electron chi connectivity index (χ1n) is 7.05. The van der Waals surface area contributed by atoms with Crippen molar-refractivity contribution in [3.05, 3.63) is 33.3 Å². The lowest BCUT2D eigenvalue weighted by molar-refractivity contribution is -0.130. The maximum absolute atomic E-state index is 12.6. The number of nitrogens with zero attached hydrogens (tertiary/aromatic N) is 2. The Morgan fingerprint density at radius 2 is 1.86 bits per heavy atom. The molecule has 0 atom stereocenters. The summed E-state index contributed by atoms with van der Waals surface area (Å²) in [6, 6.07) is 5.17. The topological polar surface area (TPSA) is 40.6 Å². The maximum atomic E-state index is 12.6. The Kier molecular flexibility index (Phi) is 5.65. The quantitative estimate of drug-likeness (QED) is 0.799. The lowest BCUT2D eigenvalue weighted by atomic mass is 10.2. The highest BCUT2D eigenvalue weighted by Gasteiger charge is 2.23. The molecule has 1 fully saturated rings. The first-order valence-corrected chi connectivity index (χ1v) is 8.22. The number of rotatable bonds is 2. The van der Waals surface area contributed by atoms with Gasteiger partial charge in [-0.15, -0.1) is 0 Å². The van der Waals surface area contributed by atoms with Gasteiger partial charge in [-0.05, 0) is 40.5 Å². The number of carbonyl (C=O) groups excluding carboxylic acids is 2. The summed E-state index contributed by atoms with van der Waals surface area (Å²) in [7, 11) is 0. The van der Waals surface area contributed by atoms with E-state index in [9.17, 15) is 9.59 Å². The summed E-state index contributed by atoms with van der Waals surface area (Å²) in [6.45, 7) is 4.42. The number of benzene rings is 1. The number of hydrogen-bond acceptors (Lipinski definition) is 2. The Bertz CT molecular complexity index is 550. The summed E-state index contributed by atoms with van der Waals surface area (Å²) in [6.07, 6.45) is 1.32. The SMILES string of the molecule is CCC(=O)N1CCCN(C(=O)c2ccc(Cl)cc2Br)CC1. The first kappa shape index (κ1) is 16.3. The van der Waals surface area contributed by atoms with Crippen LogP contribution in [0.4, 0.5) is 0 Å². The smallest absolute Gasteiger partial charge is 0.255 e. The van der Waals surface area contributed by atoms with E-state index in [2.05, 4.69) is 15.9 Å². The number of carbonyl (C=O) groups is 2. The van der Waals surface area contributed by atoms with E-state index in [0.29, 0.717) is 41.1 Å². The number of amides is 2. The fourth-order valence-corrected chi connectivity index (χ4v) is 3.28. The molecule has 6 heteroatoms. The van der Waals surface area contributed by atoms with Crippen molar-refractivity contribution in [2.24, 2.45) is 0 Å². The van der Waals surface area contributed by atoms with Gasteiger partial charge in [-0.1, -0.05) is 18.5 Å². The normalized spacial score (nSPS) is 15.8. The zero-order chi connectivity index (χ0) is 15.4. The fraction of sp³-hybridized carbons (Fsp3) is 0.467. The van der Waals surface area contributed by atoms with E-state index >= 15 is 0 Å². The first-order chi connectivity index (χ1) is 10.0. The summed E-state index contributed by atoms with van der Waals surface area (Å²) in [5.74, 6) is 0.126. The van der Waals surface area contributed by atoms with Gasteiger partial charge in [0, 0.05) is 42.1 Å². The molecule has 0 N–H and O–H groups in total. The Hall–Kier alpha value is -1.07. The van der Waals surface area contributed by atoms with Crippen molar-refractivity contribution in [1.82, 2.24) is 9.80 Å². The molecule has 4 nitrogen and oxygen atoms in total. The molecule has 2 rings (SSSR count). The van der Waals surface area contributed by atoms with Gasteiger partial charge in [-0.25, -0.2) is 0 Å². The standard InChI is InChI=1S/C15H18BrClN2O2/c1-2-14(20)18-6-3-7-19(9-8-18)15(21)12-5-4-11(17)10-13(12)16/h4-5,10H,2-3,6-9H2,1H3. The van der Waals surface area contributed by atoms with Gasteiger partial charge in [0.2, 0.25) is 5.91 Å². The van der Waals surface area contributed by atoms with Crippen molar-refractivity contribution >= 4 is 39.3 Å². The molecule has 0 spiro atoms.